The van der Waals surface area contributed by atoms with E-state index in [1.165, 1.54) is 12.1 Å². The van der Waals surface area contributed by atoms with Crippen LogP contribution in [0.1, 0.15) is 11.1 Å². The molecule has 0 spiro atoms. The first-order valence-electron chi connectivity index (χ1n) is 6.30. The number of aryl methyl sites for hydroxylation is 2. The molecule has 0 aliphatic heterocycles. The Morgan fingerprint density at radius 3 is 2.45 bits per heavy atom. The highest BCUT2D eigenvalue weighted by Gasteiger charge is 2.12. The zero-order valence-electron chi connectivity index (χ0n) is 11.2. The molecule has 0 aliphatic rings. The molecule has 0 saturated heterocycles. The van der Waals surface area contributed by atoms with Gasteiger partial charge in [-0.05, 0) is 42.7 Å². The minimum Gasteiger partial charge on any atom is -0.508 e. The highest BCUT2D eigenvalue weighted by molar-refractivity contribution is 7.92. The smallest absolute Gasteiger partial charge is 0.233 e. The molecular weight excluding hydrogens is 274 g/mol. The van der Waals surface area contributed by atoms with Crippen LogP contribution in [0.5, 0.6) is 5.75 Å². The van der Waals surface area contributed by atoms with Crippen LogP contribution in [0.4, 0.5) is 5.69 Å². The number of phenolic OH excluding ortho intramolecular Hbond substituents is 1. The first-order valence-corrected chi connectivity index (χ1v) is 7.95. The topological polar surface area (TPSA) is 66.4 Å². The normalized spacial score (nSPS) is 11.2. The second kappa shape index (κ2) is 5.96. The van der Waals surface area contributed by atoms with Crippen LogP contribution in [0.25, 0.3) is 0 Å². The molecule has 0 radical (unpaired) electrons. The van der Waals surface area contributed by atoms with Crippen molar-refractivity contribution in [2.45, 2.75) is 13.3 Å². The van der Waals surface area contributed by atoms with E-state index >= 15 is 0 Å². The van der Waals surface area contributed by atoms with Crippen LogP contribution < -0.4 is 4.72 Å². The Hall–Kier alpha value is -2.01. The fourth-order valence-corrected chi connectivity index (χ4v) is 3.05. The number of hydrogen-bond donors (Lipinski definition) is 2. The predicted molar refractivity (Wildman–Crippen MR) is 80.4 cm³/mol. The highest BCUT2D eigenvalue weighted by atomic mass is 32.2. The van der Waals surface area contributed by atoms with Gasteiger partial charge in [0, 0.05) is 0 Å². The van der Waals surface area contributed by atoms with Crippen molar-refractivity contribution in [2.75, 3.05) is 10.5 Å². The first kappa shape index (κ1) is 14.4. The van der Waals surface area contributed by atoms with Gasteiger partial charge in [-0.15, -0.1) is 0 Å². The van der Waals surface area contributed by atoms with Gasteiger partial charge in [0.15, 0.2) is 0 Å². The number of sulfonamides is 1. The minimum absolute atomic E-state index is 0.0251. The molecule has 5 heteroatoms. The molecule has 0 heterocycles. The first-order chi connectivity index (χ1) is 9.46. The van der Waals surface area contributed by atoms with Gasteiger partial charge < -0.3 is 5.11 Å². The number of aromatic hydroxyl groups is 1. The summed E-state index contributed by atoms with van der Waals surface area (Å²) in [4.78, 5) is 0. The zero-order chi connectivity index (χ0) is 14.6. The van der Waals surface area contributed by atoms with E-state index < -0.39 is 10.0 Å². The molecule has 0 unspecified atom stereocenters. The Balaban J connectivity index is 2.04. The third-order valence-electron chi connectivity index (χ3n) is 2.98. The number of anilines is 1. The van der Waals surface area contributed by atoms with E-state index in [0.29, 0.717) is 17.7 Å². The Kier molecular flexibility index (Phi) is 4.29. The molecule has 2 N–H and O–H groups in total. The number of nitrogens with one attached hydrogen (secondary N) is 1. The zero-order valence-corrected chi connectivity index (χ0v) is 12.0. The van der Waals surface area contributed by atoms with Gasteiger partial charge in [-0.25, -0.2) is 8.42 Å². The van der Waals surface area contributed by atoms with Gasteiger partial charge in [-0.3, -0.25) is 4.72 Å². The maximum absolute atomic E-state index is 12.0. The van der Waals surface area contributed by atoms with Gasteiger partial charge in [0.05, 0.1) is 11.4 Å². The summed E-state index contributed by atoms with van der Waals surface area (Å²) in [6.07, 6.45) is 0.466. The van der Waals surface area contributed by atoms with Gasteiger partial charge in [0.1, 0.15) is 5.75 Å². The Morgan fingerprint density at radius 1 is 1.10 bits per heavy atom. The van der Waals surface area contributed by atoms with Crippen LogP contribution in [0.3, 0.4) is 0 Å². The monoisotopic (exact) mass is 291 g/mol. The van der Waals surface area contributed by atoms with Crippen molar-refractivity contribution in [1.82, 2.24) is 0 Å². The standard InChI is InChI=1S/C15H17NO3S/c1-12-11-14(17)7-8-15(12)16-20(18,19)10-9-13-5-3-2-4-6-13/h2-8,11,16-17H,9-10H2,1H3. The molecule has 0 aromatic heterocycles. The van der Waals surface area contributed by atoms with Crippen molar-refractivity contribution in [1.29, 1.82) is 0 Å². The summed E-state index contributed by atoms with van der Waals surface area (Å²) < 4.78 is 26.6. The van der Waals surface area contributed by atoms with E-state index in [2.05, 4.69) is 4.72 Å². The molecule has 0 aliphatic carbocycles. The van der Waals surface area contributed by atoms with Crippen LogP contribution in [-0.2, 0) is 16.4 Å². The number of benzene rings is 2. The van der Waals surface area contributed by atoms with Crippen molar-refractivity contribution >= 4 is 15.7 Å². The summed E-state index contributed by atoms with van der Waals surface area (Å²) in [5.41, 5.74) is 2.17. The quantitative estimate of drug-likeness (QED) is 0.832. The van der Waals surface area contributed by atoms with Gasteiger partial charge in [0.2, 0.25) is 10.0 Å². The summed E-state index contributed by atoms with van der Waals surface area (Å²) in [5.74, 6) is 0.145. The van der Waals surface area contributed by atoms with Gasteiger partial charge in [0.25, 0.3) is 0 Å². The number of hydrogen-bond acceptors (Lipinski definition) is 3. The molecule has 20 heavy (non-hydrogen) atoms. The Morgan fingerprint density at radius 2 is 1.80 bits per heavy atom. The van der Waals surface area contributed by atoms with E-state index in [1.54, 1.807) is 13.0 Å². The van der Waals surface area contributed by atoms with Crippen molar-refractivity contribution in [2.24, 2.45) is 0 Å². The lowest BCUT2D eigenvalue weighted by molar-refractivity contribution is 0.475. The molecule has 0 amide bonds. The van der Waals surface area contributed by atoms with Gasteiger partial charge in [-0.1, -0.05) is 30.3 Å². The second-order valence-electron chi connectivity index (χ2n) is 4.66. The summed E-state index contributed by atoms with van der Waals surface area (Å²) >= 11 is 0. The maximum atomic E-state index is 12.0. The molecule has 0 saturated carbocycles. The average molecular weight is 291 g/mol. The molecule has 0 bridgehead atoms. The van der Waals surface area contributed by atoms with Crippen LogP contribution in [0.15, 0.2) is 48.5 Å². The summed E-state index contributed by atoms with van der Waals surface area (Å²) in [7, 11) is -3.40. The molecule has 0 atom stereocenters. The summed E-state index contributed by atoms with van der Waals surface area (Å²) in [5, 5.41) is 9.31. The lowest BCUT2D eigenvalue weighted by Gasteiger charge is -2.10. The van der Waals surface area contributed by atoms with Gasteiger partial charge >= 0.3 is 0 Å². The van der Waals surface area contributed by atoms with Crippen LogP contribution in [-0.4, -0.2) is 19.3 Å². The molecule has 2 rings (SSSR count). The largest absolute Gasteiger partial charge is 0.508 e. The van der Waals surface area contributed by atoms with Crippen molar-refractivity contribution in [3.8, 4) is 5.75 Å². The molecular formula is C15H17NO3S. The van der Waals surface area contributed by atoms with Crippen molar-refractivity contribution in [3.05, 3.63) is 59.7 Å². The van der Waals surface area contributed by atoms with Crippen LogP contribution in [0.2, 0.25) is 0 Å². The van der Waals surface area contributed by atoms with E-state index in [0.717, 1.165) is 5.56 Å². The van der Waals surface area contributed by atoms with E-state index in [4.69, 9.17) is 0 Å². The Bertz CT molecular complexity index is 682. The van der Waals surface area contributed by atoms with Crippen LogP contribution in [0, 0.1) is 6.92 Å². The number of rotatable bonds is 5. The SMILES string of the molecule is Cc1cc(O)ccc1NS(=O)(=O)CCc1ccccc1. The molecule has 0 fully saturated rings. The third kappa shape index (κ3) is 3.99. The number of phenols is 1. The van der Waals surface area contributed by atoms with Crippen molar-refractivity contribution < 1.29 is 13.5 Å². The van der Waals surface area contributed by atoms with Crippen molar-refractivity contribution in [3.63, 3.8) is 0 Å². The highest BCUT2D eigenvalue weighted by Crippen LogP contribution is 2.21. The molecule has 2 aromatic rings. The average Bonchev–Trinajstić information content (AvgIpc) is 2.41. The lowest BCUT2D eigenvalue weighted by Crippen LogP contribution is -2.18. The summed E-state index contributed by atoms with van der Waals surface area (Å²) in [6, 6.07) is 14.0. The summed E-state index contributed by atoms with van der Waals surface area (Å²) in [6.45, 7) is 1.74. The fourth-order valence-electron chi connectivity index (χ4n) is 1.88. The van der Waals surface area contributed by atoms with E-state index in [1.807, 2.05) is 30.3 Å². The third-order valence-corrected chi connectivity index (χ3v) is 4.25. The second-order valence-corrected chi connectivity index (χ2v) is 6.50. The van der Waals surface area contributed by atoms with E-state index in [-0.39, 0.29) is 11.5 Å². The molecule has 4 nitrogen and oxygen atoms in total. The van der Waals surface area contributed by atoms with E-state index in [9.17, 15) is 13.5 Å². The minimum atomic E-state index is -3.40. The Labute approximate surface area is 119 Å². The fraction of sp³-hybridized carbons (Fsp3) is 0.200. The lowest BCUT2D eigenvalue weighted by atomic mass is 10.2. The molecule has 2 aromatic carbocycles. The molecule has 106 valence electrons. The van der Waals surface area contributed by atoms with Gasteiger partial charge in [-0.2, -0.15) is 0 Å². The van der Waals surface area contributed by atoms with Crippen LogP contribution >= 0.6 is 0 Å². The maximum Gasteiger partial charge on any atom is 0.233 e. The predicted octanol–water partition coefficient (Wildman–Crippen LogP) is 2.69.